The topological polar surface area (TPSA) is 77.7 Å². The van der Waals surface area contributed by atoms with Crippen LogP contribution in [0.3, 0.4) is 0 Å². The number of likely N-dealkylation sites (N-methyl/N-ethyl adjacent to an activating group) is 1. The molecule has 7 nitrogen and oxygen atoms in total. The van der Waals surface area contributed by atoms with Crippen LogP contribution in [0.5, 0.6) is 5.75 Å². The van der Waals surface area contributed by atoms with Crippen LogP contribution >= 0.6 is 0 Å². The van der Waals surface area contributed by atoms with Crippen LogP contribution in [0, 0.1) is 0 Å². The minimum atomic E-state index is -0.204. The number of rotatable bonds is 7. The number of fused-ring (bicyclic) bond motifs is 1. The van der Waals surface area contributed by atoms with E-state index in [1.807, 2.05) is 54.6 Å². The zero-order chi connectivity index (χ0) is 22.5. The smallest absolute Gasteiger partial charge is 0.322 e. The Morgan fingerprint density at radius 1 is 1.22 bits per heavy atom. The van der Waals surface area contributed by atoms with Crippen molar-refractivity contribution >= 4 is 22.6 Å². The molecule has 1 aromatic heterocycles. The van der Waals surface area contributed by atoms with Crippen LogP contribution in [0.25, 0.3) is 10.9 Å². The molecule has 2 heterocycles. The number of nitrogens with one attached hydrogen (secondary N) is 2. The second-order valence-corrected chi connectivity index (χ2v) is 8.18. The van der Waals surface area contributed by atoms with Crippen molar-refractivity contribution in [2.75, 3.05) is 32.1 Å². The average Bonchev–Trinajstić information content (AvgIpc) is 3.26. The molecule has 1 fully saturated rings. The number of urea groups is 1. The normalized spacial score (nSPS) is 16.2. The number of ether oxygens (including phenoxy) is 1. The average molecular weight is 435 g/mol. The molecule has 32 heavy (non-hydrogen) atoms. The summed E-state index contributed by atoms with van der Waals surface area (Å²) in [5.74, 6) is 0.721. The monoisotopic (exact) mass is 434 g/mol. The van der Waals surface area contributed by atoms with Crippen LogP contribution in [-0.2, 0) is 6.54 Å². The standard InChI is InChI=1S/C25H30N4O3/c1-3-28-13-7-10-21(28)17-29(25(31)26-20-8-5-4-6-9-20)16-19-14-18-15-22(32-2)11-12-23(18)27-24(19)30/h4-6,8-9,11-12,14-15,21H,3,7,10,13,16-17H2,1-2H3,(H,26,31)(H,27,30)/t21-/m0/s1. The molecule has 0 saturated carbocycles. The molecule has 168 valence electrons. The Morgan fingerprint density at radius 2 is 2.03 bits per heavy atom. The Balaban J connectivity index is 1.62. The highest BCUT2D eigenvalue weighted by molar-refractivity contribution is 5.89. The number of aromatic amines is 1. The van der Waals surface area contributed by atoms with Gasteiger partial charge in [-0.2, -0.15) is 0 Å². The van der Waals surface area contributed by atoms with E-state index in [2.05, 4.69) is 22.1 Å². The summed E-state index contributed by atoms with van der Waals surface area (Å²) in [7, 11) is 1.62. The van der Waals surface area contributed by atoms with E-state index in [1.165, 1.54) is 0 Å². The highest BCUT2D eigenvalue weighted by atomic mass is 16.5. The van der Waals surface area contributed by atoms with Crippen molar-refractivity contribution in [3.05, 3.63) is 70.5 Å². The summed E-state index contributed by atoms with van der Waals surface area (Å²) in [6.45, 7) is 4.95. The molecule has 0 spiro atoms. The van der Waals surface area contributed by atoms with Crippen LogP contribution in [0.1, 0.15) is 25.3 Å². The van der Waals surface area contributed by atoms with Gasteiger partial charge in [-0.25, -0.2) is 4.79 Å². The minimum Gasteiger partial charge on any atom is -0.497 e. The molecule has 1 aliphatic heterocycles. The molecule has 0 bridgehead atoms. The molecule has 0 radical (unpaired) electrons. The minimum absolute atomic E-state index is 0.182. The van der Waals surface area contributed by atoms with Crippen molar-refractivity contribution in [1.82, 2.24) is 14.8 Å². The third-order valence-corrected chi connectivity index (χ3v) is 6.14. The zero-order valence-electron chi connectivity index (χ0n) is 18.6. The van der Waals surface area contributed by atoms with Crippen LogP contribution in [0.2, 0.25) is 0 Å². The first-order valence-corrected chi connectivity index (χ1v) is 11.1. The van der Waals surface area contributed by atoms with Gasteiger partial charge >= 0.3 is 6.03 Å². The predicted molar refractivity (Wildman–Crippen MR) is 127 cm³/mol. The van der Waals surface area contributed by atoms with Crippen molar-refractivity contribution in [3.8, 4) is 5.75 Å². The van der Waals surface area contributed by atoms with Gasteiger partial charge in [0.15, 0.2) is 0 Å². The fourth-order valence-corrected chi connectivity index (χ4v) is 4.40. The van der Waals surface area contributed by atoms with Gasteiger partial charge in [-0.15, -0.1) is 0 Å². The van der Waals surface area contributed by atoms with E-state index >= 15 is 0 Å². The number of likely N-dealkylation sites (tertiary alicyclic amines) is 1. The van der Waals surface area contributed by atoms with Crippen LogP contribution in [-0.4, -0.2) is 53.6 Å². The molecule has 2 N–H and O–H groups in total. The number of amides is 2. The molecule has 4 rings (SSSR count). The van der Waals surface area contributed by atoms with Crippen molar-refractivity contribution in [1.29, 1.82) is 0 Å². The lowest BCUT2D eigenvalue weighted by molar-refractivity contribution is 0.174. The van der Waals surface area contributed by atoms with Crippen molar-refractivity contribution in [3.63, 3.8) is 0 Å². The Hall–Kier alpha value is -3.32. The van der Waals surface area contributed by atoms with Crippen molar-refractivity contribution in [2.24, 2.45) is 0 Å². The lowest BCUT2D eigenvalue weighted by Crippen LogP contribution is -2.45. The van der Waals surface area contributed by atoms with Crippen LogP contribution in [0.15, 0.2) is 59.4 Å². The highest BCUT2D eigenvalue weighted by Gasteiger charge is 2.27. The lowest BCUT2D eigenvalue weighted by atomic mass is 10.1. The van der Waals surface area contributed by atoms with Gasteiger partial charge in [0.25, 0.3) is 5.56 Å². The van der Waals surface area contributed by atoms with E-state index in [1.54, 1.807) is 12.0 Å². The number of pyridine rings is 1. The first-order valence-electron chi connectivity index (χ1n) is 11.1. The van der Waals surface area contributed by atoms with E-state index < -0.39 is 0 Å². The fourth-order valence-electron chi connectivity index (χ4n) is 4.40. The van der Waals surface area contributed by atoms with Gasteiger partial charge in [0.2, 0.25) is 0 Å². The number of hydrogen-bond donors (Lipinski definition) is 2. The van der Waals surface area contributed by atoms with E-state index in [4.69, 9.17) is 4.74 Å². The van der Waals surface area contributed by atoms with E-state index in [0.29, 0.717) is 18.2 Å². The molecule has 3 aromatic rings. The largest absolute Gasteiger partial charge is 0.497 e. The molecule has 0 aliphatic carbocycles. The summed E-state index contributed by atoms with van der Waals surface area (Å²) in [6, 6.07) is 16.9. The van der Waals surface area contributed by atoms with Gasteiger partial charge in [0, 0.05) is 34.7 Å². The number of aromatic nitrogens is 1. The van der Waals surface area contributed by atoms with Gasteiger partial charge in [-0.1, -0.05) is 25.1 Å². The molecule has 2 amide bonds. The summed E-state index contributed by atoms with van der Waals surface area (Å²) in [6.07, 6.45) is 2.18. The van der Waals surface area contributed by atoms with E-state index in [0.717, 1.165) is 48.3 Å². The number of benzene rings is 2. The first kappa shape index (κ1) is 21.9. The molecule has 0 unspecified atom stereocenters. The second-order valence-electron chi connectivity index (χ2n) is 8.18. The zero-order valence-corrected chi connectivity index (χ0v) is 18.6. The molecule has 2 aromatic carbocycles. The lowest BCUT2D eigenvalue weighted by Gasteiger charge is -2.30. The Morgan fingerprint density at radius 3 is 2.78 bits per heavy atom. The summed E-state index contributed by atoms with van der Waals surface area (Å²) < 4.78 is 5.32. The number of carbonyl (C=O) groups is 1. The van der Waals surface area contributed by atoms with Crippen molar-refractivity contribution < 1.29 is 9.53 Å². The Bertz CT molecular complexity index is 1130. The number of anilines is 1. The summed E-state index contributed by atoms with van der Waals surface area (Å²) >= 11 is 0. The third-order valence-electron chi connectivity index (χ3n) is 6.14. The van der Waals surface area contributed by atoms with Crippen LogP contribution in [0.4, 0.5) is 10.5 Å². The number of para-hydroxylation sites is 1. The SMILES string of the molecule is CCN1CCC[C@H]1CN(Cc1cc2cc(OC)ccc2[nH]c1=O)C(=O)Nc1ccccc1. The third kappa shape index (κ3) is 4.94. The molecule has 7 heteroatoms. The number of carbonyl (C=O) groups excluding carboxylic acids is 1. The molecule has 1 saturated heterocycles. The number of methoxy groups -OCH3 is 1. The summed E-state index contributed by atoms with van der Waals surface area (Å²) in [5, 5.41) is 3.85. The Kier molecular flexibility index (Phi) is 6.75. The molecular weight excluding hydrogens is 404 g/mol. The quantitative estimate of drug-likeness (QED) is 0.588. The summed E-state index contributed by atoms with van der Waals surface area (Å²) in [5.41, 5.74) is 1.85. The number of hydrogen-bond acceptors (Lipinski definition) is 4. The maximum atomic E-state index is 13.2. The van der Waals surface area contributed by atoms with E-state index in [9.17, 15) is 9.59 Å². The number of nitrogens with zero attached hydrogens (tertiary/aromatic N) is 2. The Labute approximate surface area is 188 Å². The first-order chi connectivity index (χ1) is 15.6. The van der Waals surface area contributed by atoms with Gasteiger partial charge < -0.3 is 19.9 Å². The van der Waals surface area contributed by atoms with Crippen LogP contribution < -0.4 is 15.6 Å². The molecule has 1 atom stereocenters. The molecule has 1 aliphatic rings. The molecular formula is C25H30N4O3. The second kappa shape index (κ2) is 9.87. The van der Waals surface area contributed by atoms with Crippen molar-refractivity contribution in [2.45, 2.75) is 32.4 Å². The fraction of sp³-hybridized carbons (Fsp3) is 0.360. The van der Waals surface area contributed by atoms with Gasteiger partial charge in [-0.05, 0) is 62.3 Å². The predicted octanol–water partition coefficient (Wildman–Crippen LogP) is 4.06. The van der Waals surface area contributed by atoms with E-state index in [-0.39, 0.29) is 18.1 Å². The highest BCUT2D eigenvalue weighted by Crippen LogP contribution is 2.21. The van der Waals surface area contributed by atoms with Gasteiger partial charge in [0.1, 0.15) is 5.75 Å². The van der Waals surface area contributed by atoms with Gasteiger partial charge in [-0.3, -0.25) is 9.69 Å². The van der Waals surface area contributed by atoms with Gasteiger partial charge in [0.05, 0.1) is 13.7 Å². The maximum Gasteiger partial charge on any atom is 0.322 e. The number of H-pyrrole nitrogens is 1. The summed E-state index contributed by atoms with van der Waals surface area (Å²) in [4.78, 5) is 33.1. The maximum absolute atomic E-state index is 13.2.